The number of nitrogens with two attached hydrogens (primary N) is 1. The first-order valence-electron chi connectivity index (χ1n) is 13.8. The second-order valence-electron chi connectivity index (χ2n) is 10.1. The minimum Gasteiger partial charge on any atom is -0.390 e. The van der Waals surface area contributed by atoms with Crippen LogP contribution in [0.3, 0.4) is 0 Å². The molecule has 214 valence electrons. The maximum Gasteiger partial charge on any atom is 0.254 e. The highest BCUT2D eigenvalue weighted by atomic mass is 19.1. The van der Waals surface area contributed by atoms with Crippen molar-refractivity contribution in [1.29, 1.82) is 0 Å². The van der Waals surface area contributed by atoms with Crippen molar-refractivity contribution < 1.29 is 23.5 Å². The fourth-order valence-electron chi connectivity index (χ4n) is 4.47. The summed E-state index contributed by atoms with van der Waals surface area (Å²) in [5.74, 6) is -1.89. The number of benzene rings is 2. The van der Waals surface area contributed by atoms with Crippen LogP contribution in [0, 0.1) is 18.6 Å². The Morgan fingerprint density at radius 3 is 1.97 bits per heavy atom. The Morgan fingerprint density at radius 2 is 1.44 bits per heavy atom. The van der Waals surface area contributed by atoms with Crippen molar-refractivity contribution in [2.75, 3.05) is 26.2 Å². The molecule has 0 heterocycles. The number of rotatable bonds is 15. The third-order valence-electron chi connectivity index (χ3n) is 6.38. The SMILES string of the molecule is CCCC=CCN(C[C@@H](O)[C@@H](N)Cc1cc(F)cc(F)c1)C(=O)c1cc(C)cc(C(=O)N(CCC)CCC)c1. The molecule has 2 aromatic rings. The molecule has 0 aliphatic rings. The zero-order valence-electron chi connectivity index (χ0n) is 23.6. The molecule has 0 bridgehead atoms. The Balaban J connectivity index is 2.29. The number of hydrogen-bond acceptors (Lipinski definition) is 4. The molecule has 8 heteroatoms. The van der Waals surface area contributed by atoms with Crippen LogP contribution in [0.1, 0.15) is 78.3 Å². The molecular weight excluding hydrogens is 500 g/mol. The van der Waals surface area contributed by atoms with Gasteiger partial charge in [0, 0.05) is 49.4 Å². The van der Waals surface area contributed by atoms with E-state index in [-0.39, 0.29) is 31.3 Å². The lowest BCUT2D eigenvalue weighted by Gasteiger charge is -2.28. The summed E-state index contributed by atoms with van der Waals surface area (Å²) in [4.78, 5) is 30.2. The van der Waals surface area contributed by atoms with Gasteiger partial charge in [-0.05, 0) is 74.1 Å². The number of carbonyl (C=O) groups is 2. The van der Waals surface area contributed by atoms with E-state index in [9.17, 15) is 23.5 Å². The van der Waals surface area contributed by atoms with E-state index in [4.69, 9.17) is 5.73 Å². The minimum atomic E-state index is -1.14. The molecule has 2 aromatic carbocycles. The van der Waals surface area contributed by atoms with Gasteiger partial charge in [-0.15, -0.1) is 0 Å². The van der Waals surface area contributed by atoms with Gasteiger partial charge < -0.3 is 20.6 Å². The first-order valence-corrected chi connectivity index (χ1v) is 13.8. The van der Waals surface area contributed by atoms with Crippen LogP contribution in [0.4, 0.5) is 8.78 Å². The number of halogens is 2. The second-order valence-corrected chi connectivity index (χ2v) is 10.1. The van der Waals surface area contributed by atoms with Crippen molar-refractivity contribution in [3.8, 4) is 0 Å². The van der Waals surface area contributed by atoms with Crippen molar-refractivity contribution >= 4 is 11.8 Å². The highest BCUT2D eigenvalue weighted by molar-refractivity contribution is 6.00. The Morgan fingerprint density at radius 1 is 0.872 bits per heavy atom. The monoisotopic (exact) mass is 543 g/mol. The standard InChI is InChI=1S/C31H43F2N3O3/c1-5-8-9-10-13-36(21-29(37)28(34)18-23-16-26(32)20-27(33)17-23)31(39)25-15-22(4)14-24(19-25)30(38)35(11-6-2)12-7-3/h9-10,14-17,19-20,28-29,37H,5-8,11-13,18,21,34H2,1-4H3/t28-,29+/m0/s1. The third-order valence-corrected chi connectivity index (χ3v) is 6.38. The number of unbranched alkanes of at least 4 members (excludes halogenated alkanes) is 1. The number of aryl methyl sites for hydroxylation is 1. The predicted octanol–water partition coefficient (Wildman–Crippen LogP) is 5.26. The lowest BCUT2D eigenvalue weighted by Crippen LogP contribution is -2.46. The Hall–Kier alpha value is -3.10. The van der Waals surface area contributed by atoms with Gasteiger partial charge in [0.1, 0.15) is 11.6 Å². The van der Waals surface area contributed by atoms with Crippen LogP contribution in [-0.4, -0.2) is 65.0 Å². The number of carbonyl (C=O) groups excluding carboxylic acids is 2. The van der Waals surface area contributed by atoms with Crippen molar-refractivity contribution in [1.82, 2.24) is 9.80 Å². The zero-order chi connectivity index (χ0) is 28.9. The van der Waals surface area contributed by atoms with Crippen molar-refractivity contribution in [2.45, 2.75) is 71.9 Å². The Labute approximate surface area is 231 Å². The predicted molar refractivity (Wildman–Crippen MR) is 152 cm³/mol. The van der Waals surface area contributed by atoms with E-state index >= 15 is 0 Å². The van der Waals surface area contributed by atoms with Crippen LogP contribution in [0.15, 0.2) is 48.6 Å². The summed E-state index contributed by atoms with van der Waals surface area (Å²) < 4.78 is 27.2. The summed E-state index contributed by atoms with van der Waals surface area (Å²) >= 11 is 0. The molecule has 2 amide bonds. The number of aliphatic hydroxyl groups excluding tert-OH is 1. The molecule has 0 aliphatic carbocycles. The number of aliphatic hydroxyl groups is 1. The fourth-order valence-corrected chi connectivity index (χ4v) is 4.47. The van der Waals surface area contributed by atoms with Gasteiger partial charge in [0.15, 0.2) is 0 Å². The lowest BCUT2D eigenvalue weighted by atomic mass is 10.0. The lowest BCUT2D eigenvalue weighted by molar-refractivity contribution is 0.0602. The van der Waals surface area contributed by atoms with Crippen LogP contribution < -0.4 is 5.73 Å². The molecule has 0 saturated carbocycles. The highest BCUT2D eigenvalue weighted by Gasteiger charge is 2.24. The summed E-state index contributed by atoms with van der Waals surface area (Å²) in [6, 6.07) is 7.40. The number of nitrogens with zero attached hydrogens (tertiary/aromatic N) is 2. The van der Waals surface area contributed by atoms with Crippen molar-refractivity contribution in [3.63, 3.8) is 0 Å². The first-order chi connectivity index (χ1) is 18.6. The van der Waals surface area contributed by atoms with Crippen molar-refractivity contribution in [2.24, 2.45) is 5.73 Å². The summed E-state index contributed by atoms with van der Waals surface area (Å²) in [7, 11) is 0. The van der Waals surface area contributed by atoms with Gasteiger partial charge in [0.2, 0.25) is 0 Å². The zero-order valence-corrected chi connectivity index (χ0v) is 23.6. The molecule has 3 N–H and O–H groups in total. The minimum absolute atomic E-state index is 0.0390. The molecular formula is C31H43F2N3O3. The number of hydrogen-bond donors (Lipinski definition) is 2. The molecule has 0 radical (unpaired) electrons. The van der Waals surface area contributed by atoms with E-state index in [1.807, 2.05) is 32.9 Å². The topological polar surface area (TPSA) is 86.9 Å². The van der Waals surface area contributed by atoms with Crippen molar-refractivity contribution in [3.05, 3.63) is 82.4 Å². The average Bonchev–Trinajstić information content (AvgIpc) is 2.88. The van der Waals surface area contributed by atoms with E-state index in [0.717, 1.165) is 37.3 Å². The molecule has 0 saturated heterocycles. The van der Waals surface area contributed by atoms with E-state index in [1.54, 1.807) is 23.1 Å². The second kappa shape index (κ2) is 16.1. The largest absolute Gasteiger partial charge is 0.390 e. The highest BCUT2D eigenvalue weighted by Crippen LogP contribution is 2.17. The summed E-state index contributed by atoms with van der Waals surface area (Å²) in [6.07, 6.45) is 6.21. The maximum absolute atomic E-state index is 13.7. The van der Waals surface area contributed by atoms with Crippen LogP contribution >= 0.6 is 0 Å². The quantitative estimate of drug-likeness (QED) is 0.300. The number of amides is 2. The van der Waals surface area contributed by atoms with Crippen LogP contribution in [0.5, 0.6) is 0 Å². The van der Waals surface area contributed by atoms with E-state index in [0.29, 0.717) is 29.8 Å². The normalized spacial score (nSPS) is 12.9. The molecule has 0 fully saturated rings. The molecule has 0 spiro atoms. The third kappa shape index (κ3) is 10.2. The first kappa shape index (κ1) is 32.1. The summed E-state index contributed by atoms with van der Waals surface area (Å²) in [5.41, 5.74) is 8.10. The molecule has 0 aliphatic heterocycles. The van der Waals surface area contributed by atoms with Gasteiger partial charge in [-0.2, -0.15) is 0 Å². The smallest absolute Gasteiger partial charge is 0.254 e. The average molecular weight is 544 g/mol. The van der Waals surface area contributed by atoms with Crippen LogP contribution in [-0.2, 0) is 6.42 Å². The van der Waals surface area contributed by atoms with Crippen LogP contribution in [0.25, 0.3) is 0 Å². The molecule has 0 unspecified atom stereocenters. The molecule has 2 atom stereocenters. The maximum atomic E-state index is 13.7. The molecule has 6 nitrogen and oxygen atoms in total. The van der Waals surface area contributed by atoms with E-state index in [2.05, 4.69) is 6.92 Å². The van der Waals surface area contributed by atoms with Gasteiger partial charge in [0.25, 0.3) is 11.8 Å². The summed E-state index contributed by atoms with van der Waals surface area (Å²) in [6.45, 7) is 9.37. The van der Waals surface area contributed by atoms with Gasteiger partial charge in [-0.1, -0.05) is 39.3 Å². The van der Waals surface area contributed by atoms with Gasteiger partial charge in [-0.3, -0.25) is 9.59 Å². The molecule has 39 heavy (non-hydrogen) atoms. The van der Waals surface area contributed by atoms with Crippen LogP contribution in [0.2, 0.25) is 0 Å². The number of allylic oxidation sites excluding steroid dienone is 1. The molecule has 2 rings (SSSR count). The molecule has 0 aromatic heterocycles. The van der Waals surface area contributed by atoms with Gasteiger partial charge >= 0.3 is 0 Å². The van der Waals surface area contributed by atoms with E-state index in [1.165, 1.54) is 17.0 Å². The fraction of sp³-hybridized carbons (Fsp3) is 0.484. The Bertz CT molecular complexity index is 1100. The Kier molecular flexibility index (Phi) is 13.3. The van der Waals surface area contributed by atoms with E-state index < -0.39 is 23.8 Å². The summed E-state index contributed by atoms with van der Waals surface area (Å²) in [5, 5.41) is 10.9. The van der Waals surface area contributed by atoms with Gasteiger partial charge in [-0.25, -0.2) is 8.78 Å². The van der Waals surface area contributed by atoms with Gasteiger partial charge in [0.05, 0.1) is 6.10 Å².